The summed E-state index contributed by atoms with van der Waals surface area (Å²) in [7, 11) is 0. The van der Waals surface area contributed by atoms with Crippen LogP contribution < -0.4 is 5.32 Å². The predicted octanol–water partition coefficient (Wildman–Crippen LogP) is 2.71. The number of nitrogens with one attached hydrogen (secondary N) is 2. The first-order chi connectivity index (χ1) is 6.58. The van der Waals surface area contributed by atoms with Gasteiger partial charge in [0.1, 0.15) is 0 Å². The van der Waals surface area contributed by atoms with Gasteiger partial charge < -0.3 is 10.3 Å². The molecule has 0 aliphatic heterocycles. The van der Waals surface area contributed by atoms with Crippen LogP contribution in [0.25, 0.3) is 0 Å². The number of hydrogen-bond donors (Lipinski definition) is 2. The van der Waals surface area contributed by atoms with Gasteiger partial charge >= 0.3 is 0 Å². The summed E-state index contributed by atoms with van der Waals surface area (Å²) in [5, 5.41) is 3.49. The Kier molecular flexibility index (Phi) is 2.25. The van der Waals surface area contributed by atoms with Gasteiger partial charge in [0.15, 0.2) is 0 Å². The van der Waals surface area contributed by atoms with E-state index in [2.05, 4.69) is 29.1 Å². The third kappa shape index (κ3) is 1.76. The van der Waals surface area contributed by atoms with Crippen molar-refractivity contribution in [2.45, 2.75) is 46.1 Å². The highest BCUT2D eigenvalue weighted by Gasteiger charge is 2.34. The highest BCUT2D eigenvalue weighted by Crippen LogP contribution is 2.38. The molecule has 78 valence electrons. The third-order valence-electron chi connectivity index (χ3n) is 3.27. The van der Waals surface area contributed by atoms with Gasteiger partial charge in [-0.05, 0) is 25.2 Å². The lowest BCUT2D eigenvalue weighted by molar-refractivity contribution is 0.349. The summed E-state index contributed by atoms with van der Waals surface area (Å²) in [6.45, 7) is 6.68. The molecule has 1 atom stereocenters. The maximum Gasteiger partial charge on any atom is 0.200 e. The first-order valence-corrected chi connectivity index (χ1v) is 5.36. The van der Waals surface area contributed by atoms with Gasteiger partial charge in [-0.2, -0.15) is 0 Å². The molecule has 1 aliphatic rings. The van der Waals surface area contributed by atoms with E-state index in [9.17, 15) is 0 Å². The second-order valence-electron chi connectivity index (χ2n) is 4.99. The Morgan fingerprint density at radius 1 is 1.57 bits per heavy atom. The highest BCUT2D eigenvalue weighted by atomic mass is 15.1. The van der Waals surface area contributed by atoms with Gasteiger partial charge in [-0.3, -0.25) is 0 Å². The van der Waals surface area contributed by atoms with E-state index in [0.717, 1.165) is 11.6 Å². The van der Waals surface area contributed by atoms with Crippen LogP contribution in [0.2, 0.25) is 0 Å². The summed E-state index contributed by atoms with van der Waals surface area (Å²) in [5.41, 5.74) is 1.52. The van der Waals surface area contributed by atoms with Gasteiger partial charge in [-0.1, -0.05) is 20.3 Å². The molecule has 1 heterocycles. The molecule has 0 radical (unpaired) electrons. The predicted molar refractivity (Wildman–Crippen MR) is 58.4 cm³/mol. The van der Waals surface area contributed by atoms with E-state index in [0.29, 0.717) is 11.5 Å². The Morgan fingerprint density at radius 3 is 2.86 bits per heavy atom. The molecule has 1 aromatic rings. The average Bonchev–Trinajstić information content (AvgIpc) is 2.61. The van der Waals surface area contributed by atoms with Gasteiger partial charge in [0.25, 0.3) is 0 Å². The van der Waals surface area contributed by atoms with Gasteiger partial charge in [-0.15, -0.1) is 0 Å². The molecule has 2 N–H and O–H groups in total. The van der Waals surface area contributed by atoms with Crippen molar-refractivity contribution in [3.63, 3.8) is 0 Å². The van der Waals surface area contributed by atoms with Crippen LogP contribution in [-0.4, -0.2) is 16.0 Å². The largest absolute Gasteiger partial charge is 0.353 e. The lowest BCUT2D eigenvalue weighted by Crippen LogP contribution is -2.31. The molecule has 1 fully saturated rings. The summed E-state index contributed by atoms with van der Waals surface area (Å²) in [6, 6.07) is 0.563. The Labute approximate surface area is 85.3 Å². The zero-order valence-electron chi connectivity index (χ0n) is 9.22. The smallest absolute Gasteiger partial charge is 0.200 e. The third-order valence-corrected chi connectivity index (χ3v) is 3.27. The molecule has 0 bridgehead atoms. The molecular weight excluding hydrogens is 174 g/mol. The van der Waals surface area contributed by atoms with Crippen LogP contribution in [0.4, 0.5) is 5.95 Å². The Balaban J connectivity index is 2.04. The molecule has 0 amide bonds. The van der Waals surface area contributed by atoms with Gasteiger partial charge in [-0.25, -0.2) is 4.98 Å². The molecule has 1 saturated carbocycles. The van der Waals surface area contributed by atoms with Crippen LogP contribution in [0.3, 0.4) is 0 Å². The van der Waals surface area contributed by atoms with Crippen LogP contribution in [0.15, 0.2) is 6.20 Å². The van der Waals surface area contributed by atoms with Crippen LogP contribution in [0.1, 0.15) is 38.8 Å². The molecule has 0 saturated heterocycles. The molecule has 1 unspecified atom stereocenters. The Hall–Kier alpha value is -0.990. The normalized spacial score (nSPS) is 25.2. The topological polar surface area (TPSA) is 40.7 Å². The van der Waals surface area contributed by atoms with E-state index in [1.807, 2.05) is 13.1 Å². The molecule has 1 aliphatic carbocycles. The lowest BCUT2D eigenvalue weighted by Gasteiger charge is -2.27. The van der Waals surface area contributed by atoms with Crippen molar-refractivity contribution >= 4 is 5.95 Å². The maximum absolute atomic E-state index is 4.28. The van der Waals surface area contributed by atoms with E-state index in [-0.39, 0.29) is 0 Å². The van der Waals surface area contributed by atoms with Crippen molar-refractivity contribution in [1.29, 1.82) is 0 Å². The van der Waals surface area contributed by atoms with Crippen molar-refractivity contribution < 1.29 is 0 Å². The maximum atomic E-state index is 4.28. The monoisotopic (exact) mass is 193 g/mol. The number of aryl methyl sites for hydroxylation is 1. The minimum atomic E-state index is 0.403. The number of aromatic amines is 1. The summed E-state index contributed by atoms with van der Waals surface area (Å²) < 4.78 is 0. The fourth-order valence-corrected chi connectivity index (χ4v) is 2.25. The number of hydrogen-bond acceptors (Lipinski definition) is 2. The van der Waals surface area contributed by atoms with Crippen LogP contribution >= 0.6 is 0 Å². The number of H-pyrrole nitrogens is 1. The zero-order chi connectivity index (χ0) is 10.2. The molecule has 14 heavy (non-hydrogen) atoms. The van der Waals surface area contributed by atoms with Crippen molar-refractivity contribution in [1.82, 2.24) is 9.97 Å². The number of rotatable bonds is 2. The van der Waals surface area contributed by atoms with Gasteiger partial charge in [0.2, 0.25) is 5.95 Å². The average molecular weight is 193 g/mol. The SMILES string of the molecule is Cc1cnc(NC2CCCC2(C)C)[nH]1. The Bertz CT molecular complexity index is 314. The summed E-state index contributed by atoms with van der Waals surface area (Å²) in [4.78, 5) is 7.50. The molecule has 1 aromatic heterocycles. The van der Waals surface area contributed by atoms with Crippen molar-refractivity contribution in [2.75, 3.05) is 5.32 Å². The second kappa shape index (κ2) is 3.30. The zero-order valence-corrected chi connectivity index (χ0v) is 9.22. The lowest BCUT2D eigenvalue weighted by atomic mass is 9.87. The van der Waals surface area contributed by atoms with Crippen molar-refractivity contribution in [2.24, 2.45) is 5.41 Å². The van der Waals surface area contributed by atoms with E-state index in [1.54, 1.807) is 0 Å². The van der Waals surface area contributed by atoms with E-state index in [1.165, 1.54) is 19.3 Å². The first kappa shape index (κ1) is 9.56. The van der Waals surface area contributed by atoms with Gasteiger partial charge in [0, 0.05) is 17.9 Å². The molecule has 3 nitrogen and oxygen atoms in total. The van der Waals surface area contributed by atoms with E-state index in [4.69, 9.17) is 0 Å². The standard InChI is InChI=1S/C11H19N3/c1-8-7-12-10(13-8)14-9-5-4-6-11(9,2)3/h7,9H,4-6H2,1-3H3,(H2,12,13,14). The van der Waals surface area contributed by atoms with Crippen LogP contribution in [-0.2, 0) is 0 Å². The van der Waals surface area contributed by atoms with E-state index >= 15 is 0 Å². The van der Waals surface area contributed by atoms with Gasteiger partial charge in [0.05, 0.1) is 0 Å². The molecule has 0 spiro atoms. The second-order valence-corrected chi connectivity index (χ2v) is 4.99. The molecule has 2 rings (SSSR count). The number of nitrogens with zero attached hydrogens (tertiary/aromatic N) is 1. The van der Waals surface area contributed by atoms with Crippen LogP contribution in [0.5, 0.6) is 0 Å². The fourth-order valence-electron chi connectivity index (χ4n) is 2.25. The molecular formula is C11H19N3. The fraction of sp³-hybridized carbons (Fsp3) is 0.727. The minimum Gasteiger partial charge on any atom is -0.353 e. The number of aromatic nitrogens is 2. The summed E-state index contributed by atoms with van der Waals surface area (Å²) >= 11 is 0. The number of anilines is 1. The summed E-state index contributed by atoms with van der Waals surface area (Å²) in [5.74, 6) is 0.919. The van der Waals surface area contributed by atoms with Crippen molar-refractivity contribution in [3.8, 4) is 0 Å². The van der Waals surface area contributed by atoms with Crippen LogP contribution in [0, 0.1) is 12.3 Å². The van der Waals surface area contributed by atoms with Crippen molar-refractivity contribution in [3.05, 3.63) is 11.9 Å². The Morgan fingerprint density at radius 2 is 2.36 bits per heavy atom. The van der Waals surface area contributed by atoms with E-state index < -0.39 is 0 Å². The number of imidazole rings is 1. The molecule has 0 aromatic carbocycles. The highest BCUT2D eigenvalue weighted by molar-refractivity contribution is 5.29. The molecule has 3 heteroatoms. The summed E-state index contributed by atoms with van der Waals surface area (Å²) in [6.07, 6.45) is 5.76. The first-order valence-electron chi connectivity index (χ1n) is 5.36. The minimum absolute atomic E-state index is 0.403. The quantitative estimate of drug-likeness (QED) is 0.758.